The van der Waals surface area contributed by atoms with Crippen LogP contribution in [-0.2, 0) is 27.7 Å². The van der Waals surface area contributed by atoms with Gasteiger partial charge in [-0.1, -0.05) is 34.8 Å². The number of hydrogen-bond acceptors (Lipinski definition) is 7. The van der Waals surface area contributed by atoms with E-state index >= 15 is 0 Å². The number of fused-ring (bicyclic) bond motifs is 3. The summed E-state index contributed by atoms with van der Waals surface area (Å²) in [5, 5.41) is 3.86. The molecule has 5 rings (SSSR count). The van der Waals surface area contributed by atoms with E-state index in [1.54, 1.807) is 6.07 Å². The minimum atomic E-state index is -3.15. The lowest BCUT2D eigenvalue weighted by Gasteiger charge is -2.27. The Labute approximate surface area is 219 Å². The van der Waals surface area contributed by atoms with Crippen molar-refractivity contribution < 1.29 is 13.2 Å². The maximum absolute atomic E-state index is 11.7. The van der Waals surface area contributed by atoms with Crippen molar-refractivity contribution in [3.63, 3.8) is 0 Å². The van der Waals surface area contributed by atoms with Crippen molar-refractivity contribution in [1.29, 1.82) is 0 Å². The number of hydrogen-bond donors (Lipinski definition) is 1. The Bertz CT molecular complexity index is 1520. The molecule has 0 atom stereocenters. The molecule has 186 valence electrons. The molecule has 1 N–H and O–H groups in total. The molecule has 3 heterocycles. The van der Waals surface area contributed by atoms with Crippen molar-refractivity contribution in [2.24, 2.45) is 5.92 Å². The van der Waals surface area contributed by atoms with Crippen LogP contribution in [0.2, 0.25) is 5.02 Å². The van der Waals surface area contributed by atoms with E-state index in [2.05, 4.69) is 27.1 Å². The van der Waals surface area contributed by atoms with Crippen molar-refractivity contribution in [2.45, 2.75) is 32.6 Å². The van der Waals surface area contributed by atoms with E-state index in [1.165, 1.54) is 28.8 Å². The van der Waals surface area contributed by atoms with Crippen LogP contribution in [-0.4, -0.2) is 52.9 Å². The SMILES string of the molecule is CC(=O)Nc1nc2c(s1)-c1nc(-c3cc(C#CC4CCN(S(C)(=O)=O)CC4)ccc3Cl)ncc1CC2. The van der Waals surface area contributed by atoms with Crippen molar-refractivity contribution >= 4 is 44.0 Å². The van der Waals surface area contributed by atoms with Crippen LogP contribution in [0.5, 0.6) is 0 Å². The van der Waals surface area contributed by atoms with Crippen LogP contribution in [0.15, 0.2) is 24.4 Å². The number of carbonyl (C=O) groups is 1. The number of sulfonamides is 1. The second-order valence-corrected chi connectivity index (χ2v) is 12.3. The predicted octanol–water partition coefficient (Wildman–Crippen LogP) is 4.00. The van der Waals surface area contributed by atoms with Gasteiger partial charge in [0, 0.05) is 43.3 Å². The standard InChI is InChI=1S/C25H24ClN5O3S2/c1-15(32)28-25-29-21-8-6-18-14-27-24(30-22(18)23(21)35-25)19-13-17(5-7-20(19)26)4-3-16-9-11-31(12-10-16)36(2,33)34/h5,7,13-14,16H,6,8-12H2,1-2H3,(H,28,29,32). The molecule has 1 amide bonds. The van der Waals surface area contributed by atoms with E-state index in [-0.39, 0.29) is 11.8 Å². The van der Waals surface area contributed by atoms with Gasteiger partial charge < -0.3 is 5.32 Å². The highest BCUT2D eigenvalue weighted by molar-refractivity contribution is 7.88. The van der Waals surface area contributed by atoms with Crippen molar-refractivity contribution in [3.8, 4) is 33.8 Å². The smallest absolute Gasteiger partial charge is 0.223 e. The second kappa shape index (κ2) is 9.90. The lowest BCUT2D eigenvalue weighted by molar-refractivity contribution is -0.114. The molecule has 0 bridgehead atoms. The Morgan fingerprint density at radius 2 is 2.00 bits per heavy atom. The summed E-state index contributed by atoms with van der Waals surface area (Å²) in [5.74, 6) is 7.01. The van der Waals surface area contributed by atoms with E-state index in [4.69, 9.17) is 16.6 Å². The number of aryl methyl sites for hydroxylation is 2. The van der Waals surface area contributed by atoms with Gasteiger partial charge in [0.15, 0.2) is 11.0 Å². The highest BCUT2D eigenvalue weighted by Gasteiger charge is 2.25. The van der Waals surface area contributed by atoms with Gasteiger partial charge >= 0.3 is 0 Å². The Balaban J connectivity index is 1.40. The molecule has 1 fully saturated rings. The number of benzene rings is 1. The third-order valence-electron chi connectivity index (χ3n) is 6.24. The van der Waals surface area contributed by atoms with Gasteiger partial charge in [-0.15, -0.1) is 0 Å². The number of nitrogens with zero attached hydrogens (tertiary/aromatic N) is 4. The van der Waals surface area contributed by atoms with Crippen LogP contribution < -0.4 is 5.32 Å². The molecule has 0 spiro atoms. The Hall–Kier alpha value is -2.84. The molecule has 1 aliphatic heterocycles. The molecule has 36 heavy (non-hydrogen) atoms. The molecule has 3 aromatic rings. The zero-order valence-corrected chi connectivity index (χ0v) is 22.2. The first-order valence-corrected chi connectivity index (χ1v) is 14.6. The molecular formula is C25H24ClN5O3S2. The fourth-order valence-electron chi connectivity index (χ4n) is 4.37. The van der Waals surface area contributed by atoms with Crippen LogP contribution in [0, 0.1) is 17.8 Å². The zero-order chi connectivity index (χ0) is 25.4. The quantitative estimate of drug-likeness (QED) is 0.502. The summed E-state index contributed by atoms with van der Waals surface area (Å²) in [6.07, 6.45) is 6.06. The molecular weight excluding hydrogens is 518 g/mol. The second-order valence-electron chi connectivity index (χ2n) is 8.94. The van der Waals surface area contributed by atoms with Crippen LogP contribution in [0.25, 0.3) is 22.0 Å². The van der Waals surface area contributed by atoms with Gasteiger partial charge in [0.25, 0.3) is 0 Å². The maximum atomic E-state index is 11.7. The first-order valence-electron chi connectivity index (χ1n) is 11.6. The molecule has 2 aromatic heterocycles. The van der Waals surface area contributed by atoms with Gasteiger partial charge in [-0.2, -0.15) is 0 Å². The zero-order valence-electron chi connectivity index (χ0n) is 19.8. The van der Waals surface area contributed by atoms with Crippen molar-refractivity contribution in [2.75, 3.05) is 24.7 Å². The molecule has 2 aliphatic rings. The molecule has 11 heteroatoms. The maximum Gasteiger partial charge on any atom is 0.223 e. The number of amides is 1. The summed E-state index contributed by atoms with van der Waals surface area (Å²) in [6.45, 7) is 2.46. The number of carbonyl (C=O) groups excluding carboxylic acids is 1. The van der Waals surface area contributed by atoms with Gasteiger partial charge in [-0.05, 0) is 49.4 Å². The summed E-state index contributed by atoms with van der Waals surface area (Å²) in [6, 6.07) is 5.55. The number of aromatic nitrogens is 3. The molecule has 0 saturated carbocycles. The number of thiazole rings is 1. The van der Waals surface area contributed by atoms with E-state index in [0.717, 1.165) is 40.2 Å². The Morgan fingerprint density at radius 3 is 2.72 bits per heavy atom. The fraction of sp³-hybridized carbons (Fsp3) is 0.360. The van der Waals surface area contributed by atoms with Gasteiger partial charge in [0.2, 0.25) is 15.9 Å². The number of rotatable bonds is 3. The third-order valence-corrected chi connectivity index (χ3v) is 8.89. The number of piperidine rings is 1. The summed E-state index contributed by atoms with van der Waals surface area (Å²) in [4.78, 5) is 26.4. The van der Waals surface area contributed by atoms with Gasteiger partial charge in [0.05, 0.1) is 27.5 Å². The van der Waals surface area contributed by atoms with Crippen molar-refractivity contribution in [1.82, 2.24) is 19.3 Å². The summed E-state index contributed by atoms with van der Waals surface area (Å²) >= 11 is 7.95. The van der Waals surface area contributed by atoms with Gasteiger partial charge in [0.1, 0.15) is 0 Å². The average Bonchev–Trinajstić information content (AvgIpc) is 3.25. The molecule has 1 saturated heterocycles. The lowest BCUT2D eigenvalue weighted by atomic mass is 9.98. The first-order chi connectivity index (χ1) is 17.2. The molecule has 0 unspecified atom stereocenters. The van der Waals surface area contributed by atoms with Crippen LogP contribution in [0.3, 0.4) is 0 Å². The van der Waals surface area contributed by atoms with Gasteiger partial charge in [-0.3, -0.25) is 4.79 Å². The minimum absolute atomic E-state index is 0.143. The normalized spacial score (nSPS) is 16.0. The van der Waals surface area contributed by atoms with Crippen molar-refractivity contribution in [3.05, 3.63) is 46.2 Å². The third kappa shape index (κ3) is 5.30. The van der Waals surface area contributed by atoms with E-state index in [0.29, 0.717) is 47.5 Å². The van der Waals surface area contributed by atoms with Crippen LogP contribution >= 0.6 is 22.9 Å². The summed E-state index contributed by atoms with van der Waals surface area (Å²) in [7, 11) is -3.15. The summed E-state index contributed by atoms with van der Waals surface area (Å²) < 4.78 is 25.0. The molecule has 0 radical (unpaired) electrons. The van der Waals surface area contributed by atoms with Crippen LogP contribution in [0.4, 0.5) is 5.13 Å². The van der Waals surface area contributed by atoms with E-state index < -0.39 is 10.0 Å². The van der Waals surface area contributed by atoms with E-state index in [1.807, 2.05) is 18.3 Å². The lowest BCUT2D eigenvalue weighted by Crippen LogP contribution is -2.37. The molecule has 1 aromatic carbocycles. The van der Waals surface area contributed by atoms with Gasteiger partial charge in [-0.25, -0.2) is 27.7 Å². The summed E-state index contributed by atoms with van der Waals surface area (Å²) in [5.41, 5.74) is 4.27. The number of halogens is 1. The minimum Gasteiger partial charge on any atom is -0.302 e. The Kier molecular flexibility index (Phi) is 6.83. The molecule has 8 nitrogen and oxygen atoms in total. The average molecular weight is 542 g/mol. The molecule has 1 aliphatic carbocycles. The first kappa shape index (κ1) is 24.8. The van der Waals surface area contributed by atoms with Crippen LogP contribution in [0.1, 0.15) is 36.6 Å². The highest BCUT2D eigenvalue weighted by atomic mass is 35.5. The Morgan fingerprint density at radius 1 is 1.22 bits per heavy atom. The largest absolute Gasteiger partial charge is 0.302 e. The predicted molar refractivity (Wildman–Crippen MR) is 141 cm³/mol. The highest BCUT2D eigenvalue weighted by Crippen LogP contribution is 2.39. The topological polar surface area (TPSA) is 105 Å². The number of nitrogens with one attached hydrogen (secondary N) is 1. The van der Waals surface area contributed by atoms with E-state index in [9.17, 15) is 13.2 Å². The number of anilines is 1. The monoisotopic (exact) mass is 541 g/mol. The fourth-order valence-corrected chi connectivity index (χ4v) is 6.53.